The first-order valence-electron chi connectivity index (χ1n) is 8.74. The Morgan fingerprint density at radius 2 is 2.04 bits per heavy atom. The lowest BCUT2D eigenvalue weighted by atomic mass is 10.1. The molecule has 0 radical (unpaired) electrons. The third-order valence-corrected chi connectivity index (χ3v) is 4.55. The first kappa shape index (κ1) is 16.8. The van der Waals surface area contributed by atoms with Crippen LogP contribution in [0.3, 0.4) is 0 Å². The van der Waals surface area contributed by atoms with Gasteiger partial charge >= 0.3 is 0 Å². The molecule has 3 aromatic rings. The number of hydrogen-bond acceptors (Lipinski definition) is 5. The highest BCUT2D eigenvalue weighted by Gasteiger charge is 2.22. The zero-order chi connectivity index (χ0) is 17.8. The maximum absolute atomic E-state index is 5.95. The van der Waals surface area contributed by atoms with Crippen molar-refractivity contribution in [1.29, 1.82) is 0 Å². The number of aromatic nitrogens is 3. The van der Waals surface area contributed by atoms with Crippen LogP contribution in [0, 0.1) is 0 Å². The molecule has 0 spiro atoms. The summed E-state index contributed by atoms with van der Waals surface area (Å²) in [5.74, 6) is 1.62. The second-order valence-corrected chi connectivity index (χ2v) is 6.31. The maximum Gasteiger partial charge on any atom is 0.212 e. The number of methoxy groups -OCH3 is 1. The van der Waals surface area contributed by atoms with E-state index in [0.29, 0.717) is 12.5 Å². The lowest BCUT2D eigenvalue weighted by Crippen LogP contribution is -2.36. The molecule has 6 heteroatoms. The van der Waals surface area contributed by atoms with Crippen LogP contribution in [0.25, 0.3) is 11.3 Å². The predicted molar refractivity (Wildman–Crippen MR) is 98.7 cm³/mol. The van der Waals surface area contributed by atoms with Crippen molar-refractivity contribution in [1.82, 2.24) is 19.9 Å². The second-order valence-electron chi connectivity index (χ2n) is 6.31. The third kappa shape index (κ3) is 3.61. The Labute approximate surface area is 152 Å². The molecule has 3 heterocycles. The lowest BCUT2D eigenvalue weighted by molar-refractivity contribution is 0.00325. The number of pyridine rings is 1. The minimum absolute atomic E-state index is 0.116. The van der Waals surface area contributed by atoms with E-state index in [9.17, 15) is 0 Å². The van der Waals surface area contributed by atoms with Crippen LogP contribution in [0.2, 0.25) is 0 Å². The Hall–Kier alpha value is -2.70. The molecule has 1 aliphatic heterocycles. The van der Waals surface area contributed by atoms with Crippen LogP contribution in [0.15, 0.2) is 54.9 Å². The number of benzene rings is 1. The van der Waals surface area contributed by atoms with Gasteiger partial charge in [-0.3, -0.25) is 0 Å². The van der Waals surface area contributed by atoms with Gasteiger partial charge in [0.15, 0.2) is 0 Å². The summed E-state index contributed by atoms with van der Waals surface area (Å²) >= 11 is 0. The van der Waals surface area contributed by atoms with Crippen LogP contribution in [0.1, 0.15) is 11.4 Å². The molecule has 0 saturated carbocycles. The highest BCUT2D eigenvalue weighted by molar-refractivity contribution is 5.59. The number of imidazole rings is 1. The molecule has 1 aliphatic rings. The van der Waals surface area contributed by atoms with Crippen LogP contribution < -0.4 is 10.1 Å². The normalized spacial score (nSPS) is 16.3. The number of hydrogen-bond donors (Lipinski definition) is 1. The van der Waals surface area contributed by atoms with E-state index in [1.807, 2.05) is 30.6 Å². The number of nitrogens with one attached hydrogen (secondary N) is 1. The minimum Gasteiger partial charge on any atom is -0.481 e. The molecule has 0 unspecified atom stereocenters. The molecule has 26 heavy (non-hydrogen) atoms. The van der Waals surface area contributed by atoms with Gasteiger partial charge in [0.2, 0.25) is 5.88 Å². The van der Waals surface area contributed by atoms with Gasteiger partial charge in [-0.15, -0.1) is 0 Å². The fourth-order valence-electron chi connectivity index (χ4n) is 3.16. The first-order valence-corrected chi connectivity index (χ1v) is 8.74. The highest BCUT2D eigenvalue weighted by Crippen LogP contribution is 2.24. The van der Waals surface area contributed by atoms with Crippen LogP contribution in [-0.2, 0) is 24.4 Å². The van der Waals surface area contributed by atoms with Crippen molar-refractivity contribution >= 4 is 0 Å². The van der Waals surface area contributed by atoms with Gasteiger partial charge in [-0.1, -0.05) is 36.4 Å². The Balaban J connectivity index is 1.37. The van der Waals surface area contributed by atoms with Crippen molar-refractivity contribution < 1.29 is 9.47 Å². The molecule has 2 aromatic heterocycles. The molecular weight excluding hydrogens is 328 g/mol. The summed E-state index contributed by atoms with van der Waals surface area (Å²) in [7, 11) is 1.62. The molecule has 4 rings (SSSR count). The Morgan fingerprint density at radius 1 is 1.15 bits per heavy atom. The minimum atomic E-state index is 0.116. The molecule has 1 aromatic carbocycles. The zero-order valence-corrected chi connectivity index (χ0v) is 14.8. The molecule has 134 valence electrons. The van der Waals surface area contributed by atoms with Crippen LogP contribution >= 0.6 is 0 Å². The van der Waals surface area contributed by atoms with Gasteiger partial charge in [-0.05, 0) is 11.1 Å². The van der Waals surface area contributed by atoms with Crippen molar-refractivity contribution in [2.24, 2.45) is 0 Å². The number of rotatable bonds is 6. The van der Waals surface area contributed by atoms with Crippen molar-refractivity contribution in [3.05, 3.63) is 66.2 Å². The van der Waals surface area contributed by atoms with E-state index in [4.69, 9.17) is 9.47 Å². The first-order chi connectivity index (χ1) is 12.8. The van der Waals surface area contributed by atoms with Gasteiger partial charge < -0.3 is 19.4 Å². The van der Waals surface area contributed by atoms with Crippen molar-refractivity contribution in [2.75, 3.05) is 13.7 Å². The van der Waals surface area contributed by atoms with Crippen molar-refractivity contribution in [2.45, 2.75) is 25.8 Å². The van der Waals surface area contributed by atoms with Gasteiger partial charge in [-0.2, -0.15) is 0 Å². The predicted octanol–water partition coefficient (Wildman–Crippen LogP) is 2.64. The Morgan fingerprint density at radius 3 is 2.81 bits per heavy atom. The second kappa shape index (κ2) is 7.68. The summed E-state index contributed by atoms with van der Waals surface area (Å²) in [5, 5.41) is 3.45. The Kier molecular flexibility index (Phi) is 4.95. The quantitative estimate of drug-likeness (QED) is 0.741. The number of nitrogens with zero attached hydrogens (tertiary/aromatic N) is 3. The average molecular weight is 350 g/mol. The summed E-state index contributed by atoms with van der Waals surface area (Å²) in [6.45, 7) is 2.87. The largest absolute Gasteiger partial charge is 0.481 e. The summed E-state index contributed by atoms with van der Waals surface area (Å²) in [6, 6.07) is 14.3. The molecule has 0 aliphatic carbocycles. The van der Waals surface area contributed by atoms with Crippen LogP contribution in [0.5, 0.6) is 5.88 Å². The summed E-state index contributed by atoms with van der Waals surface area (Å²) < 4.78 is 13.3. The van der Waals surface area contributed by atoms with Crippen LogP contribution in [0.4, 0.5) is 0 Å². The van der Waals surface area contributed by atoms with Gasteiger partial charge in [0.05, 0.1) is 31.6 Å². The molecular formula is C20H22N4O2. The summed E-state index contributed by atoms with van der Waals surface area (Å²) in [6.07, 6.45) is 3.88. The van der Waals surface area contributed by atoms with E-state index >= 15 is 0 Å². The fraction of sp³-hybridized carbons (Fsp3) is 0.300. The number of fused-ring (bicyclic) bond motifs is 1. The monoisotopic (exact) mass is 350 g/mol. The van der Waals surface area contributed by atoms with Gasteiger partial charge in [-0.25, -0.2) is 9.97 Å². The fourth-order valence-corrected chi connectivity index (χ4v) is 3.16. The molecule has 0 saturated heterocycles. The average Bonchev–Trinajstić information content (AvgIpc) is 3.12. The van der Waals surface area contributed by atoms with Gasteiger partial charge in [0, 0.05) is 25.4 Å². The smallest absolute Gasteiger partial charge is 0.212 e. The summed E-state index contributed by atoms with van der Waals surface area (Å²) in [4.78, 5) is 8.73. The Bertz CT molecular complexity index is 846. The van der Waals surface area contributed by atoms with E-state index in [1.54, 1.807) is 7.11 Å². The molecule has 0 fully saturated rings. The molecule has 1 atom stereocenters. The van der Waals surface area contributed by atoms with Crippen molar-refractivity contribution in [3.63, 3.8) is 0 Å². The molecule has 6 nitrogen and oxygen atoms in total. The van der Waals surface area contributed by atoms with Gasteiger partial charge in [0.1, 0.15) is 12.4 Å². The van der Waals surface area contributed by atoms with E-state index in [1.165, 1.54) is 5.56 Å². The van der Waals surface area contributed by atoms with E-state index < -0.39 is 0 Å². The molecule has 0 bridgehead atoms. The topological polar surface area (TPSA) is 61.2 Å². The van der Waals surface area contributed by atoms with Crippen molar-refractivity contribution in [3.8, 4) is 17.1 Å². The van der Waals surface area contributed by atoms with Crippen LogP contribution in [-0.4, -0.2) is 34.3 Å². The third-order valence-electron chi connectivity index (χ3n) is 4.55. The number of ether oxygens (including phenoxy) is 2. The molecule has 1 N–H and O–H groups in total. The highest BCUT2D eigenvalue weighted by atomic mass is 16.5. The zero-order valence-electron chi connectivity index (χ0n) is 14.8. The van der Waals surface area contributed by atoms with E-state index in [-0.39, 0.29) is 6.10 Å². The SMILES string of the molecule is COc1ccc(CNC[C@H]2Cn3c(-c4ccccc4)cnc3CO2)cn1. The lowest BCUT2D eigenvalue weighted by Gasteiger charge is -2.26. The van der Waals surface area contributed by atoms with E-state index in [2.05, 4.69) is 44.1 Å². The standard InChI is InChI=1S/C20H22N4O2/c1-25-20-8-7-15(10-23-20)9-21-11-17-13-24-18(12-22-19(24)14-26-17)16-5-3-2-4-6-16/h2-8,10,12,17,21H,9,11,13-14H2,1H3/t17-/m0/s1. The maximum atomic E-state index is 5.95. The summed E-state index contributed by atoms with van der Waals surface area (Å²) in [5.41, 5.74) is 3.45. The molecule has 0 amide bonds. The van der Waals surface area contributed by atoms with E-state index in [0.717, 1.165) is 36.7 Å². The van der Waals surface area contributed by atoms with Gasteiger partial charge in [0.25, 0.3) is 0 Å².